The minimum Gasteiger partial charge on any atom is -0.467 e. The van der Waals surface area contributed by atoms with Gasteiger partial charge in [-0.1, -0.05) is 0 Å². The van der Waals surface area contributed by atoms with Crippen LogP contribution in [0.25, 0.3) is 0 Å². The molecule has 0 aliphatic carbocycles. The third kappa shape index (κ3) is 2.17. The molecule has 0 aromatic heterocycles. The molecule has 2 N–H and O–H groups in total. The Labute approximate surface area is 65.7 Å². The van der Waals surface area contributed by atoms with Gasteiger partial charge in [-0.15, -0.1) is 0 Å². The van der Waals surface area contributed by atoms with E-state index in [1.807, 2.05) is 0 Å². The van der Waals surface area contributed by atoms with E-state index in [0.717, 1.165) is 6.42 Å². The minimum absolute atomic E-state index is 0.0795. The van der Waals surface area contributed by atoms with Crippen molar-refractivity contribution in [1.29, 1.82) is 0 Å². The molecule has 4 nitrogen and oxygen atoms in total. The van der Waals surface area contributed by atoms with Crippen molar-refractivity contribution in [2.75, 3.05) is 13.7 Å². The first-order valence-corrected chi connectivity index (χ1v) is 3.69. The molecule has 1 aliphatic heterocycles. The van der Waals surface area contributed by atoms with E-state index in [2.05, 4.69) is 4.74 Å². The average molecular weight is 159 g/mol. The lowest BCUT2D eigenvalue weighted by molar-refractivity contribution is -0.157. The first-order chi connectivity index (χ1) is 5.24. The normalized spacial score (nSPS) is 31.5. The highest BCUT2D eigenvalue weighted by Crippen LogP contribution is 2.12. The van der Waals surface area contributed by atoms with Crippen LogP contribution in [0.1, 0.15) is 12.8 Å². The van der Waals surface area contributed by atoms with E-state index in [4.69, 9.17) is 10.5 Å². The third-order valence-corrected chi connectivity index (χ3v) is 1.78. The SMILES string of the molecule is COC(=O)[C@H]1CCC(N)CO1. The number of rotatable bonds is 1. The summed E-state index contributed by atoms with van der Waals surface area (Å²) in [5.74, 6) is -0.295. The minimum atomic E-state index is -0.389. The number of hydrogen-bond acceptors (Lipinski definition) is 4. The van der Waals surface area contributed by atoms with E-state index in [9.17, 15) is 4.79 Å². The second-order valence-electron chi connectivity index (χ2n) is 2.68. The summed E-state index contributed by atoms with van der Waals surface area (Å²) >= 11 is 0. The van der Waals surface area contributed by atoms with Gasteiger partial charge in [0, 0.05) is 6.04 Å². The topological polar surface area (TPSA) is 61.5 Å². The van der Waals surface area contributed by atoms with Gasteiger partial charge in [0.25, 0.3) is 0 Å². The molecule has 2 atom stereocenters. The van der Waals surface area contributed by atoms with Crippen LogP contribution in [0.15, 0.2) is 0 Å². The lowest BCUT2D eigenvalue weighted by atomic mass is 10.1. The van der Waals surface area contributed by atoms with Crippen molar-refractivity contribution in [3.05, 3.63) is 0 Å². The molecule has 1 saturated heterocycles. The zero-order valence-corrected chi connectivity index (χ0v) is 6.58. The van der Waals surface area contributed by atoms with Crippen LogP contribution in [0.3, 0.4) is 0 Å². The van der Waals surface area contributed by atoms with Crippen LogP contribution >= 0.6 is 0 Å². The highest BCUT2D eigenvalue weighted by atomic mass is 16.6. The van der Waals surface area contributed by atoms with Crippen LogP contribution < -0.4 is 5.73 Å². The van der Waals surface area contributed by atoms with Gasteiger partial charge in [0.2, 0.25) is 0 Å². The van der Waals surface area contributed by atoms with Gasteiger partial charge < -0.3 is 15.2 Å². The quantitative estimate of drug-likeness (QED) is 0.532. The summed E-state index contributed by atoms with van der Waals surface area (Å²) in [6.07, 6.45) is 1.12. The van der Waals surface area contributed by atoms with E-state index >= 15 is 0 Å². The molecule has 0 aromatic rings. The van der Waals surface area contributed by atoms with Crippen molar-refractivity contribution >= 4 is 5.97 Å². The van der Waals surface area contributed by atoms with E-state index in [-0.39, 0.29) is 18.1 Å². The molecular formula is C7H13NO3. The molecule has 1 unspecified atom stereocenters. The maximum absolute atomic E-state index is 10.9. The van der Waals surface area contributed by atoms with Crippen LogP contribution in [-0.4, -0.2) is 31.8 Å². The molecule has 64 valence electrons. The van der Waals surface area contributed by atoms with E-state index in [0.29, 0.717) is 13.0 Å². The molecule has 0 amide bonds. The highest BCUT2D eigenvalue weighted by Gasteiger charge is 2.25. The van der Waals surface area contributed by atoms with Crippen molar-refractivity contribution in [3.63, 3.8) is 0 Å². The Morgan fingerprint density at radius 2 is 2.36 bits per heavy atom. The van der Waals surface area contributed by atoms with Crippen molar-refractivity contribution in [3.8, 4) is 0 Å². The van der Waals surface area contributed by atoms with Crippen LogP contribution in [0.5, 0.6) is 0 Å². The molecule has 0 radical (unpaired) electrons. The summed E-state index contributed by atoms with van der Waals surface area (Å²) in [6, 6.07) is 0.0795. The maximum atomic E-state index is 10.9. The smallest absolute Gasteiger partial charge is 0.334 e. The molecule has 0 saturated carbocycles. The molecule has 4 heteroatoms. The van der Waals surface area contributed by atoms with E-state index < -0.39 is 0 Å². The van der Waals surface area contributed by atoms with Gasteiger partial charge in [-0.25, -0.2) is 4.79 Å². The fourth-order valence-corrected chi connectivity index (χ4v) is 1.09. The zero-order valence-electron chi connectivity index (χ0n) is 6.58. The Kier molecular flexibility index (Phi) is 2.84. The van der Waals surface area contributed by atoms with Gasteiger partial charge in [-0.2, -0.15) is 0 Å². The fourth-order valence-electron chi connectivity index (χ4n) is 1.09. The Balaban J connectivity index is 2.33. The highest BCUT2D eigenvalue weighted by molar-refractivity contribution is 5.74. The van der Waals surface area contributed by atoms with Gasteiger partial charge in [-0.05, 0) is 12.8 Å². The Hall–Kier alpha value is -0.610. The number of carbonyl (C=O) groups is 1. The van der Waals surface area contributed by atoms with Gasteiger partial charge in [0.1, 0.15) is 0 Å². The summed E-state index contributed by atoms with van der Waals surface area (Å²) in [6.45, 7) is 0.458. The van der Waals surface area contributed by atoms with Crippen molar-refractivity contribution in [1.82, 2.24) is 0 Å². The number of nitrogens with two attached hydrogens (primary N) is 1. The summed E-state index contributed by atoms with van der Waals surface area (Å²) in [5, 5.41) is 0. The third-order valence-electron chi connectivity index (χ3n) is 1.78. The number of esters is 1. The van der Waals surface area contributed by atoms with Crippen molar-refractivity contribution < 1.29 is 14.3 Å². The molecular weight excluding hydrogens is 146 g/mol. The Bertz CT molecular complexity index is 141. The van der Waals surface area contributed by atoms with Gasteiger partial charge in [0.05, 0.1) is 13.7 Å². The second kappa shape index (κ2) is 3.69. The zero-order chi connectivity index (χ0) is 8.27. The average Bonchev–Trinajstić information content (AvgIpc) is 2.05. The summed E-state index contributed by atoms with van der Waals surface area (Å²) < 4.78 is 9.66. The summed E-state index contributed by atoms with van der Waals surface area (Å²) in [5.41, 5.74) is 5.56. The lowest BCUT2D eigenvalue weighted by Crippen LogP contribution is -2.39. The second-order valence-corrected chi connectivity index (χ2v) is 2.68. The lowest BCUT2D eigenvalue weighted by Gasteiger charge is -2.24. The molecule has 11 heavy (non-hydrogen) atoms. The number of carbonyl (C=O) groups excluding carboxylic acids is 1. The largest absolute Gasteiger partial charge is 0.467 e. The first kappa shape index (κ1) is 8.49. The molecule has 0 spiro atoms. The molecule has 1 fully saturated rings. The van der Waals surface area contributed by atoms with Gasteiger partial charge in [0.15, 0.2) is 6.10 Å². The van der Waals surface area contributed by atoms with E-state index in [1.165, 1.54) is 7.11 Å². The monoisotopic (exact) mass is 159 g/mol. The van der Waals surface area contributed by atoms with Crippen molar-refractivity contribution in [2.24, 2.45) is 5.73 Å². The van der Waals surface area contributed by atoms with Crippen molar-refractivity contribution in [2.45, 2.75) is 25.0 Å². The Morgan fingerprint density at radius 1 is 1.64 bits per heavy atom. The van der Waals surface area contributed by atoms with Crippen LogP contribution in [0, 0.1) is 0 Å². The number of hydrogen-bond donors (Lipinski definition) is 1. The maximum Gasteiger partial charge on any atom is 0.334 e. The fraction of sp³-hybridized carbons (Fsp3) is 0.857. The molecule has 1 aliphatic rings. The number of methoxy groups -OCH3 is 1. The van der Waals surface area contributed by atoms with Gasteiger partial charge in [-0.3, -0.25) is 0 Å². The predicted molar refractivity (Wildman–Crippen MR) is 39.0 cm³/mol. The molecule has 0 bridgehead atoms. The van der Waals surface area contributed by atoms with Crippen LogP contribution in [0.2, 0.25) is 0 Å². The standard InChI is InChI=1S/C7H13NO3/c1-10-7(9)6-3-2-5(8)4-11-6/h5-6H,2-4,8H2,1H3/t5?,6-/m1/s1. The molecule has 1 heterocycles. The predicted octanol–water partition coefficient (Wildman–Crippen LogP) is -0.334. The molecule has 0 aromatic carbocycles. The van der Waals surface area contributed by atoms with Crippen LogP contribution in [0.4, 0.5) is 0 Å². The van der Waals surface area contributed by atoms with Gasteiger partial charge >= 0.3 is 5.97 Å². The Morgan fingerprint density at radius 3 is 2.82 bits per heavy atom. The summed E-state index contributed by atoms with van der Waals surface area (Å²) in [7, 11) is 1.36. The number of ether oxygens (including phenoxy) is 2. The first-order valence-electron chi connectivity index (χ1n) is 3.69. The molecule has 1 rings (SSSR count). The van der Waals surface area contributed by atoms with Crippen LogP contribution in [-0.2, 0) is 14.3 Å². The summed E-state index contributed by atoms with van der Waals surface area (Å²) in [4.78, 5) is 10.9. The van der Waals surface area contributed by atoms with E-state index in [1.54, 1.807) is 0 Å².